The summed E-state index contributed by atoms with van der Waals surface area (Å²) in [5.41, 5.74) is 1.27. The van der Waals surface area contributed by atoms with Crippen LogP contribution in [0.3, 0.4) is 0 Å². The first-order chi connectivity index (χ1) is 12.4. The van der Waals surface area contributed by atoms with E-state index in [1.165, 1.54) is 12.1 Å². The quantitative estimate of drug-likeness (QED) is 0.509. The van der Waals surface area contributed by atoms with Gasteiger partial charge in [-0.3, -0.25) is 0 Å². The predicted molar refractivity (Wildman–Crippen MR) is 92.0 cm³/mol. The maximum absolute atomic E-state index is 12.6. The first kappa shape index (κ1) is 18.3. The van der Waals surface area contributed by atoms with Gasteiger partial charge in [0.15, 0.2) is 0 Å². The van der Waals surface area contributed by atoms with Crippen molar-refractivity contribution in [1.82, 2.24) is 4.98 Å². The Morgan fingerprint density at radius 2 is 1.85 bits per heavy atom. The van der Waals surface area contributed by atoms with Gasteiger partial charge in [0.1, 0.15) is 23.8 Å². The molecule has 0 N–H and O–H groups in total. The zero-order chi connectivity index (χ0) is 18.7. The van der Waals surface area contributed by atoms with Crippen LogP contribution < -0.4 is 4.74 Å². The molecule has 0 aliphatic rings. The number of aryl methyl sites for hydroxylation is 1. The summed E-state index contributed by atoms with van der Waals surface area (Å²) in [4.78, 5) is 4.33. The molecule has 0 bridgehead atoms. The molecule has 0 amide bonds. The molecule has 0 aliphatic heterocycles. The zero-order valence-corrected chi connectivity index (χ0v) is 14.6. The number of hydrogen-bond acceptors (Lipinski definition) is 3. The Kier molecular flexibility index (Phi) is 5.23. The van der Waals surface area contributed by atoms with Gasteiger partial charge in [-0.2, -0.15) is 13.2 Å². The minimum atomic E-state index is -4.37. The molecule has 0 saturated heterocycles. The summed E-state index contributed by atoms with van der Waals surface area (Å²) in [6, 6.07) is 12.1. The van der Waals surface area contributed by atoms with Crippen molar-refractivity contribution in [3.05, 3.63) is 71.1 Å². The zero-order valence-electron chi connectivity index (χ0n) is 13.8. The minimum Gasteiger partial charge on any atom is -0.487 e. The van der Waals surface area contributed by atoms with E-state index in [1.54, 1.807) is 6.92 Å². The molecule has 0 saturated carbocycles. The van der Waals surface area contributed by atoms with Gasteiger partial charge in [0.05, 0.1) is 5.56 Å². The number of halogens is 4. The Hall–Kier alpha value is -2.47. The molecule has 0 fully saturated rings. The molecule has 3 nitrogen and oxygen atoms in total. The fourth-order valence-corrected chi connectivity index (χ4v) is 2.52. The van der Waals surface area contributed by atoms with E-state index in [9.17, 15) is 13.2 Å². The van der Waals surface area contributed by atoms with Crippen molar-refractivity contribution in [2.75, 3.05) is 0 Å². The molecule has 0 spiro atoms. The number of aromatic nitrogens is 1. The summed E-state index contributed by atoms with van der Waals surface area (Å²) in [6.45, 7) is 1.91. The second kappa shape index (κ2) is 7.41. The third kappa shape index (κ3) is 4.19. The lowest BCUT2D eigenvalue weighted by molar-refractivity contribution is -0.137. The fraction of sp³-hybridized carbons (Fsp3) is 0.211. The summed E-state index contributed by atoms with van der Waals surface area (Å²) in [7, 11) is 0. The summed E-state index contributed by atoms with van der Waals surface area (Å²) < 4.78 is 49.2. The van der Waals surface area contributed by atoms with E-state index in [1.807, 2.05) is 24.3 Å². The van der Waals surface area contributed by atoms with Gasteiger partial charge >= 0.3 is 6.18 Å². The molecule has 0 aliphatic carbocycles. The Labute approximate surface area is 153 Å². The molecule has 3 rings (SSSR count). The van der Waals surface area contributed by atoms with Crippen LogP contribution in [0.5, 0.6) is 5.75 Å². The van der Waals surface area contributed by atoms with E-state index >= 15 is 0 Å². The largest absolute Gasteiger partial charge is 0.487 e. The number of hydrogen-bond donors (Lipinski definition) is 0. The smallest absolute Gasteiger partial charge is 0.416 e. The number of benzene rings is 2. The molecular weight excluding hydrogens is 367 g/mol. The molecule has 3 aromatic rings. The lowest BCUT2D eigenvalue weighted by Gasteiger charge is -2.06. The molecule has 26 heavy (non-hydrogen) atoms. The highest BCUT2D eigenvalue weighted by molar-refractivity contribution is 6.17. The van der Waals surface area contributed by atoms with Crippen molar-refractivity contribution in [3.8, 4) is 17.2 Å². The maximum atomic E-state index is 12.6. The lowest BCUT2D eigenvalue weighted by Crippen LogP contribution is -2.04. The van der Waals surface area contributed by atoms with Gasteiger partial charge in [0.2, 0.25) is 5.89 Å². The summed E-state index contributed by atoms with van der Waals surface area (Å²) in [5.74, 6) is 1.84. The van der Waals surface area contributed by atoms with E-state index in [-0.39, 0.29) is 12.5 Å². The molecule has 1 heterocycles. The number of rotatable bonds is 5. The Bertz CT molecular complexity index is 889. The molecule has 0 atom stereocenters. The monoisotopic (exact) mass is 381 g/mol. The van der Waals surface area contributed by atoms with Crippen molar-refractivity contribution in [2.24, 2.45) is 0 Å². The molecule has 0 radical (unpaired) electrons. The lowest BCUT2D eigenvalue weighted by atomic mass is 10.1. The van der Waals surface area contributed by atoms with Crippen molar-refractivity contribution >= 4 is 11.6 Å². The summed E-state index contributed by atoms with van der Waals surface area (Å²) >= 11 is 5.80. The molecule has 136 valence electrons. The predicted octanol–water partition coefficient (Wildman–Crippen LogP) is 5.99. The Morgan fingerprint density at radius 3 is 2.50 bits per heavy atom. The first-order valence-corrected chi connectivity index (χ1v) is 8.32. The summed E-state index contributed by atoms with van der Waals surface area (Å²) in [6.07, 6.45) is -4.37. The van der Waals surface area contributed by atoms with Crippen molar-refractivity contribution in [1.29, 1.82) is 0 Å². The van der Waals surface area contributed by atoms with E-state index in [0.29, 0.717) is 28.6 Å². The van der Waals surface area contributed by atoms with Crippen LogP contribution in [0.25, 0.3) is 11.5 Å². The average Bonchev–Trinajstić information content (AvgIpc) is 3.00. The average molecular weight is 382 g/mol. The van der Waals surface area contributed by atoms with Gasteiger partial charge < -0.3 is 9.15 Å². The highest BCUT2D eigenvalue weighted by Gasteiger charge is 2.30. The standard InChI is InChI=1S/C19H15ClF3NO2/c1-12-17(11-25-16-4-2-3-13(9-16)10-20)24-18(26-12)14-5-7-15(8-6-14)19(21,22)23/h2-9H,10-11H2,1H3. The van der Waals surface area contributed by atoms with Crippen LogP contribution in [-0.2, 0) is 18.7 Å². The van der Waals surface area contributed by atoms with Gasteiger partial charge in [-0.1, -0.05) is 12.1 Å². The van der Waals surface area contributed by atoms with Crippen LogP contribution in [0.2, 0.25) is 0 Å². The minimum absolute atomic E-state index is 0.182. The van der Waals surface area contributed by atoms with Crippen LogP contribution in [0, 0.1) is 6.92 Å². The Balaban J connectivity index is 1.74. The van der Waals surface area contributed by atoms with Gasteiger partial charge in [0, 0.05) is 11.4 Å². The van der Waals surface area contributed by atoms with E-state index in [2.05, 4.69) is 4.98 Å². The maximum Gasteiger partial charge on any atom is 0.416 e. The number of oxazole rings is 1. The normalized spacial score (nSPS) is 11.6. The van der Waals surface area contributed by atoms with Crippen molar-refractivity contribution in [3.63, 3.8) is 0 Å². The van der Waals surface area contributed by atoms with Crippen molar-refractivity contribution < 1.29 is 22.3 Å². The van der Waals surface area contributed by atoms with E-state index in [4.69, 9.17) is 20.8 Å². The van der Waals surface area contributed by atoms with Crippen LogP contribution in [-0.4, -0.2) is 4.98 Å². The van der Waals surface area contributed by atoms with Gasteiger partial charge in [-0.15, -0.1) is 11.6 Å². The molecule has 7 heteroatoms. The van der Waals surface area contributed by atoms with Crippen LogP contribution in [0.1, 0.15) is 22.6 Å². The second-order valence-corrected chi connectivity index (χ2v) is 5.93. The molecule has 2 aromatic carbocycles. The number of nitrogens with zero attached hydrogens (tertiary/aromatic N) is 1. The molecule has 1 aromatic heterocycles. The Morgan fingerprint density at radius 1 is 1.12 bits per heavy atom. The highest BCUT2D eigenvalue weighted by Crippen LogP contribution is 2.31. The SMILES string of the molecule is Cc1oc(-c2ccc(C(F)(F)F)cc2)nc1COc1cccc(CCl)c1. The molecular formula is C19H15ClF3NO2. The van der Waals surface area contributed by atoms with Crippen molar-refractivity contribution in [2.45, 2.75) is 25.6 Å². The van der Waals surface area contributed by atoms with Gasteiger partial charge in [0.25, 0.3) is 0 Å². The highest BCUT2D eigenvalue weighted by atomic mass is 35.5. The number of alkyl halides is 4. The fourth-order valence-electron chi connectivity index (χ4n) is 2.36. The first-order valence-electron chi connectivity index (χ1n) is 7.78. The molecule has 0 unspecified atom stereocenters. The van der Waals surface area contributed by atoms with Gasteiger partial charge in [-0.05, 0) is 48.9 Å². The third-order valence-electron chi connectivity index (χ3n) is 3.78. The van der Waals surface area contributed by atoms with E-state index in [0.717, 1.165) is 17.7 Å². The third-order valence-corrected chi connectivity index (χ3v) is 4.09. The summed E-state index contributed by atoms with van der Waals surface area (Å²) in [5, 5.41) is 0. The topological polar surface area (TPSA) is 35.3 Å². The van der Waals surface area contributed by atoms with Crippen LogP contribution >= 0.6 is 11.6 Å². The van der Waals surface area contributed by atoms with E-state index < -0.39 is 11.7 Å². The van der Waals surface area contributed by atoms with Crippen LogP contribution in [0.4, 0.5) is 13.2 Å². The second-order valence-electron chi connectivity index (χ2n) is 5.67. The van der Waals surface area contributed by atoms with Crippen LogP contribution in [0.15, 0.2) is 52.9 Å². The number of ether oxygens (including phenoxy) is 1. The van der Waals surface area contributed by atoms with Gasteiger partial charge in [-0.25, -0.2) is 4.98 Å².